The van der Waals surface area contributed by atoms with Gasteiger partial charge < -0.3 is 0 Å². The van der Waals surface area contributed by atoms with E-state index >= 15 is 0 Å². The van der Waals surface area contributed by atoms with E-state index in [2.05, 4.69) is 54.7 Å². The summed E-state index contributed by atoms with van der Waals surface area (Å²) in [5.74, 6) is 2.93. The second-order valence-corrected chi connectivity index (χ2v) is 4.91. The highest BCUT2D eigenvalue weighted by atomic mass is 14.2. The lowest BCUT2D eigenvalue weighted by Gasteiger charge is -2.23. The van der Waals surface area contributed by atoms with Gasteiger partial charge in [-0.05, 0) is 24.7 Å². The average Bonchev–Trinajstić information content (AvgIpc) is 1.84. The molecule has 1 heteroatoms. The number of hydrogen-bond acceptors (Lipinski definition) is 0. The van der Waals surface area contributed by atoms with Gasteiger partial charge in [0.2, 0.25) is 0 Å². The van der Waals surface area contributed by atoms with Crippen LogP contribution in [-0.4, -0.2) is 7.28 Å². The van der Waals surface area contributed by atoms with Gasteiger partial charge >= 0.3 is 0 Å². The molecule has 0 aliphatic rings. The SMILES string of the molecule is C[B]/C=C(\C)C(C)CC(C)(C)C. The third kappa shape index (κ3) is 5.45. The van der Waals surface area contributed by atoms with Crippen molar-refractivity contribution in [1.82, 2.24) is 0 Å². The van der Waals surface area contributed by atoms with Crippen molar-refractivity contribution in [2.45, 2.75) is 47.9 Å². The Kier molecular flexibility index (Phi) is 4.66. The Hall–Kier alpha value is -0.195. The van der Waals surface area contributed by atoms with E-state index in [-0.39, 0.29) is 0 Å². The average molecular weight is 165 g/mol. The van der Waals surface area contributed by atoms with Gasteiger partial charge in [-0.25, -0.2) is 0 Å². The Balaban J connectivity index is 4.04. The zero-order valence-corrected chi connectivity index (χ0v) is 9.44. The summed E-state index contributed by atoms with van der Waals surface area (Å²) in [7, 11) is 2.12. The van der Waals surface area contributed by atoms with E-state index in [0.29, 0.717) is 11.3 Å². The summed E-state index contributed by atoms with van der Waals surface area (Å²) in [5, 5.41) is 0. The van der Waals surface area contributed by atoms with E-state index in [1.165, 1.54) is 12.0 Å². The Morgan fingerprint density at radius 1 is 1.42 bits per heavy atom. The maximum Gasteiger partial charge on any atom is 0.137 e. The molecule has 0 aromatic carbocycles. The fraction of sp³-hybridized carbons (Fsp3) is 0.818. The Labute approximate surface area is 78.7 Å². The molecule has 1 atom stereocenters. The van der Waals surface area contributed by atoms with Crippen molar-refractivity contribution in [3.8, 4) is 0 Å². The lowest BCUT2D eigenvalue weighted by molar-refractivity contribution is 0.329. The molecule has 0 heterocycles. The molecule has 12 heavy (non-hydrogen) atoms. The van der Waals surface area contributed by atoms with Crippen LogP contribution in [0, 0.1) is 11.3 Å². The first-order chi connectivity index (χ1) is 5.37. The Bertz CT molecular complexity index is 151. The van der Waals surface area contributed by atoms with Gasteiger partial charge in [0.25, 0.3) is 0 Å². The predicted molar refractivity (Wildman–Crippen MR) is 58.6 cm³/mol. The molecule has 1 unspecified atom stereocenters. The van der Waals surface area contributed by atoms with Gasteiger partial charge in [0.15, 0.2) is 0 Å². The van der Waals surface area contributed by atoms with Gasteiger partial charge in [0.1, 0.15) is 7.28 Å². The van der Waals surface area contributed by atoms with Crippen LogP contribution in [0.25, 0.3) is 0 Å². The summed E-state index contributed by atoms with van der Waals surface area (Å²) in [6.07, 6.45) is 1.27. The highest BCUT2D eigenvalue weighted by Crippen LogP contribution is 2.27. The topological polar surface area (TPSA) is 0 Å². The third-order valence-electron chi connectivity index (χ3n) is 2.13. The molecular formula is C11H22B. The van der Waals surface area contributed by atoms with Crippen LogP contribution in [0.3, 0.4) is 0 Å². The fourth-order valence-corrected chi connectivity index (χ4v) is 1.51. The smallest absolute Gasteiger partial charge is 0.124 e. The van der Waals surface area contributed by atoms with Gasteiger partial charge in [0.05, 0.1) is 0 Å². The summed E-state index contributed by atoms with van der Waals surface area (Å²) in [5.41, 5.74) is 1.94. The molecule has 1 radical (unpaired) electrons. The minimum absolute atomic E-state index is 0.447. The van der Waals surface area contributed by atoms with Gasteiger partial charge in [-0.15, -0.1) is 5.98 Å². The molecule has 0 fully saturated rings. The molecule has 0 rings (SSSR count). The molecule has 0 saturated carbocycles. The molecule has 0 spiro atoms. The van der Waals surface area contributed by atoms with Crippen LogP contribution in [0.4, 0.5) is 0 Å². The van der Waals surface area contributed by atoms with Crippen LogP contribution in [-0.2, 0) is 0 Å². The second kappa shape index (κ2) is 4.74. The first-order valence-corrected chi connectivity index (χ1v) is 4.83. The van der Waals surface area contributed by atoms with Crippen molar-refractivity contribution in [1.29, 1.82) is 0 Å². The first kappa shape index (κ1) is 11.8. The number of hydrogen-bond donors (Lipinski definition) is 0. The van der Waals surface area contributed by atoms with E-state index in [9.17, 15) is 0 Å². The highest BCUT2D eigenvalue weighted by molar-refractivity contribution is 6.40. The molecule has 0 nitrogen and oxygen atoms in total. The van der Waals surface area contributed by atoms with Crippen molar-refractivity contribution in [2.75, 3.05) is 0 Å². The molecule has 0 amide bonds. The van der Waals surface area contributed by atoms with Crippen molar-refractivity contribution in [3.63, 3.8) is 0 Å². The molecule has 0 N–H and O–H groups in total. The lowest BCUT2D eigenvalue weighted by Crippen LogP contribution is -2.12. The summed E-state index contributed by atoms with van der Waals surface area (Å²) in [6, 6.07) is 0. The van der Waals surface area contributed by atoms with Crippen LogP contribution in [0.15, 0.2) is 11.5 Å². The van der Waals surface area contributed by atoms with Crippen LogP contribution < -0.4 is 0 Å². The Morgan fingerprint density at radius 2 is 1.92 bits per heavy atom. The maximum atomic E-state index is 2.31. The molecule has 0 saturated heterocycles. The molecule has 0 aliphatic heterocycles. The van der Waals surface area contributed by atoms with Crippen molar-refractivity contribution in [3.05, 3.63) is 11.5 Å². The van der Waals surface area contributed by atoms with Gasteiger partial charge in [-0.2, -0.15) is 0 Å². The molecule has 0 aromatic heterocycles. The molecule has 69 valence electrons. The van der Waals surface area contributed by atoms with Crippen molar-refractivity contribution >= 4 is 7.28 Å². The Morgan fingerprint density at radius 3 is 2.25 bits per heavy atom. The van der Waals surface area contributed by atoms with Crippen LogP contribution in [0.2, 0.25) is 6.82 Å². The van der Waals surface area contributed by atoms with E-state index in [4.69, 9.17) is 0 Å². The van der Waals surface area contributed by atoms with Gasteiger partial charge in [0, 0.05) is 0 Å². The number of allylic oxidation sites excluding steroid dienone is 1. The standard InChI is InChI=1S/C11H22B/c1-9(7-11(3,4)5)10(2)8-12-6/h8-9H,7H2,1-6H3/b10-8+. The normalized spacial score (nSPS) is 16.0. The van der Waals surface area contributed by atoms with Gasteiger partial charge in [-0.3, -0.25) is 0 Å². The third-order valence-corrected chi connectivity index (χ3v) is 2.13. The maximum absolute atomic E-state index is 2.31. The summed E-state index contributed by atoms with van der Waals surface area (Å²) in [6.45, 7) is 13.5. The summed E-state index contributed by atoms with van der Waals surface area (Å²) >= 11 is 0. The van der Waals surface area contributed by atoms with Crippen LogP contribution >= 0.6 is 0 Å². The predicted octanol–water partition coefficient (Wildman–Crippen LogP) is 3.71. The van der Waals surface area contributed by atoms with E-state index in [1.807, 2.05) is 0 Å². The number of rotatable bonds is 3. The fourth-order valence-electron chi connectivity index (χ4n) is 1.51. The van der Waals surface area contributed by atoms with Crippen LogP contribution in [0.1, 0.15) is 41.0 Å². The lowest BCUT2D eigenvalue weighted by atomic mass is 9.75. The van der Waals surface area contributed by atoms with Crippen molar-refractivity contribution in [2.24, 2.45) is 11.3 Å². The summed E-state index contributed by atoms with van der Waals surface area (Å²) in [4.78, 5) is 0. The van der Waals surface area contributed by atoms with Crippen molar-refractivity contribution < 1.29 is 0 Å². The van der Waals surface area contributed by atoms with E-state index in [0.717, 1.165) is 0 Å². The minimum atomic E-state index is 0.447. The second-order valence-electron chi connectivity index (χ2n) is 4.91. The quantitative estimate of drug-likeness (QED) is 0.559. The van der Waals surface area contributed by atoms with E-state index in [1.54, 1.807) is 0 Å². The zero-order valence-electron chi connectivity index (χ0n) is 9.44. The molecular weight excluding hydrogens is 143 g/mol. The first-order valence-electron chi connectivity index (χ1n) is 4.83. The minimum Gasteiger partial charge on any atom is -0.124 e. The highest BCUT2D eigenvalue weighted by Gasteiger charge is 2.15. The molecule has 0 bridgehead atoms. The monoisotopic (exact) mass is 165 g/mol. The van der Waals surface area contributed by atoms with Gasteiger partial charge in [-0.1, -0.05) is 40.1 Å². The largest absolute Gasteiger partial charge is 0.137 e. The molecule has 0 aromatic rings. The molecule has 0 aliphatic carbocycles. The summed E-state index contributed by atoms with van der Waals surface area (Å²) < 4.78 is 0. The zero-order chi connectivity index (χ0) is 9.78. The van der Waals surface area contributed by atoms with E-state index < -0.39 is 0 Å². The van der Waals surface area contributed by atoms with Crippen LogP contribution in [0.5, 0.6) is 0 Å².